The second kappa shape index (κ2) is 4.70. The van der Waals surface area contributed by atoms with Crippen molar-refractivity contribution in [1.82, 2.24) is 5.32 Å². The highest BCUT2D eigenvalue weighted by atomic mass is 16.5. The molecule has 1 atom stereocenters. The predicted octanol–water partition coefficient (Wildman–Crippen LogP) is 0.382. The maximum Gasteiger partial charge on any atom is 0.0638 e. The number of nitrogens with one attached hydrogen (secondary N) is 1. The van der Waals surface area contributed by atoms with Crippen LogP contribution in [0.4, 0.5) is 0 Å². The van der Waals surface area contributed by atoms with Crippen molar-refractivity contribution in [2.24, 2.45) is 0 Å². The summed E-state index contributed by atoms with van der Waals surface area (Å²) < 4.78 is 5.22. The largest absolute Gasteiger partial charge is 0.395 e. The van der Waals surface area contributed by atoms with Crippen LogP contribution in [0, 0.1) is 0 Å². The molecule has 0 spiro atoms. The Morgan fingerprint density at radius 1 is 1.55 bits per heavy atom. The molecule has 68 valence electrons. The van der Waals surface area contributed by atoms with Gasteiger partial charge in [-0.3, -0.25) is 0 Å². The average Bonchev–Trinajstić information content (AvgIpc) is 2.00. The molecular weight excluding hydrogens is 142 g/mol. The van der Waals surface area contributed by atoms with Crippen molar-refractivity contribution in [3.8, 4) is 0 Å². The first-order valence-electron chi connectivity index (χ1n) is 3.89. The first-order chi connectivity index (χ1) is 5.05. The lowest BCUT2D eigenvalue weighted by Crippen LogP contribution is -2.38. The maximum atomic E-state index is 8.87. The van der Waals surface area contributed by atoms with E-state index in [0.717, 1.165) is 6.42 Å². The van der Waals surface area contributed by atoms with Crippen molar-refractivity contribution in [3.63, 3.8) is 0 Å². The summed E-state index contributed by atoms with van der Waals surface area (Å²) in [6, 6.07) is 0.130. The third-order valence-electron chi connectivity index (χ3n) is 1.92. The minimum absolute atomic E-state index is 0.130. The van der Waals surface area contributed by atoms with E-state index in [1.54, 1.807) is 7.11 Å². The van der Waals surface area contributed by atoms with E-state index >= 15 is 0 Å². The van der Waals surface area contributed by atoms with Crippen LogP contribution < -0.4 is 5.32 Å². The van der Waals surface area contributed by atoms with Crippen molar-refractivity contribution < 1.29 is 9.84 Å². The maximum absolute atomic E-state index is 8.87. The number of hydrogen-bond acceptors (Lipinski definition) is 3. The van der Waals surface area contributed by atoms with Gasteiger partial charge in [-0.05, 0) is 27.3 Å². The molecule has 1 unspecified atom stereocenters. The molecular formula is C8H19NO2. The minimum atomic E-state index is -0.156. The van der Waals surface area contributed by atoms with Gasteiger partial charge in [-0.2, -0.15) is 0 Å². The first-order valence-corrected chi connectivity index (χ1v) is 3.89. The monoisotopic (exact) mass is 161 g/mol. The molecule has 0 heterocycles. The van der Waals surface area contributed by atoms with Crippen molar-refractivity contribution in [2.45, 2.75) is 31.9 Å². The van der Waals surface area contributed by atoms with Crippen molar-refractivity contribution in [1.29, 1.82) is 0 Å². The standard InChI is InChI=1S/C8H19NO2/c1-8(2,11-4)5-7(6-10)9-3/h7,9-10H,5-6H2,1-4H3. The van der Waals surface area contributed by atoms with Crippen LogP contribution >= 0.6 is 0 Å². The lowest BCUT2D eigenvalue weighted by molar-refractivity contribution is 0.00246. The SMILES string of the molecule is CNC(CO)CC(C)(C)OC. The number of rotatable bonds is 5. The smallest absolute Gasteiger partial charge is 0.0638 e. The fourth-order valence-corrected chi connectivity index (χ4v) is 0.935. The molecule has 0 saturated carbocycles. The summed E-state index contributed by atoms with van der Waals surface area (Å²) in [6.45, 7) is 4.17. The molecule has 3 heteroatoms. The zero-order valence-electron chi connectivity index (χ0n) is 7.85. The van der Waals surface area contributed by atoms with Crippen molar-refractivity contribution in [2.75, 3.05) is 20.8 Å². The fourth-order valence-electron chi connectivity index (χ4n) is 0.935. The summed E-state index contributed by atoms with van der Waals surface area (Å²) in [5.74, 6) is 0. The first kappa shape index (κ1) is 10.9. The van der Waals surface area contributed by atoms with Crippen LogP contribution in [-0.2, 0) is 4.74 Å². The Hall–Kier alpha value is -0.120. The Morgan fingerprint density at radius 3 is 2.36 bits per heavy atom. The Kier molecular flexibility index (Phi) is 4.65. The molecule has 3 nitrogen and oxygen atoms in total. The Bertz CT molecular complexity index is 100. The molecule has 2 N–H and O–H groups in total. The third kappa shape index (κ3) is 4.35. The second-order valence-electron chi connectivity index (χ2n) is 3.34. The Morgan fingerprint density at radius 2 is 2.09 bits per heavy atom. The Balaban J connectivity index is 3.79. The molecule has 0 aromatic rings. The lowest BCUT2D eigenvalue weighted by Gasteiger charge is -2.27. The molecule has 0 bridgehead atoms. The summed E-state index contributed by atoms with van der Waals surface area (Å²) in [4.78, 5) is 0. The van der Waals surface area contributed by atoms with Gasteiger partial charge in [-0.25, -0.2) is 0 Å². The van der Waals surface area contributed by atoms with Crippen LogP contribution in [0.15, 0.2) is 0 Å². The lowest BCUT2D eigenvalue weighted by atomic mass is 9.99. The summed E-state index contributed by atoms with van der Waals surface area (Å²) in [5, 5.41) is 11.9. The third-order valence-corrected chi connectivity index (χ3v) is 1.92. The Labute approximate surface area is 68.8 Å². The fraction of sp³-hybridized carbons (Fsp3) is 1.00. The zero-order valence-corrected chi connectivity index (χ0v) is 7.85. The van der Waals surface area contributed by atoms with Gasteiger partial charge < -0.3 is 15.2 Å². The molecule has 0 aromatic heterocycles. The molecule has 0 aliphatic heterocycles. The molecule has 0 amide bonds. The van der Waals surface area contributed by atoms with Crippen molar-refractivity contribution >= 4 is 0 Å². The van der Waals surface area contributed by atoms with Crippen LogP contribution in [0.5, 0.6) is 0 Å². The normalized spacial score (nSPS) is 15.0. The van der Waals surface area contributed by atoms with E-state index in [4.69, 9.17) is 9.84 Å². The van der Waals surface area contributed by atoms with E-state index in [0.29, 0.717) is 0 Å². The number of ether oxygens (including phenoxy) is 1. The zero-order chi connectivity index (χ0) is 8.91. The highest BCUT2D eigenvalue weighted by Crippen LogP contribution is 2.14. The summed E-state index contributed by atoms with van der Waals surface area (Å²) in [7, 11) is 3.52. The predicted molar refractivity (Wildman–Crippen MR) is 45.6 cm³/mol. The van der Waals surface area contributed by atoms with Gasteiger partial charge >= 0.3 is 0 Å². The van der Waals surface area contributed by atoms with Gasteiger partial charge in [-0.1, -0.05) is 0 Å². The number of methoxy groups -OCH3 is 1. The number of likely N-dealkylation sites (N-methyl/N-ethyl adjacent to an activating group) is 1. The highest BCUT2D eigenvalue weighted by molar-refractivity contribution is 4.76. The molecule has 0 fully saturated rings. The van der Waals surface area contributed by atoms with E-state index in [1.165, 1.54) is 0 Å². The van der Waals surface area contributed by atoms with Crippen molar-refractivity contribution in [3.05, 3.63) is 0 Å². The van der Waals surface area contributed by atoms with E-state index < -0.39 is 0 Å². The van der Waals surface area contributed by atoms with Gasteiger partial charge in [0.15, 0.2) is 0 Å². The summed E-state index contributed by atoms with van der Waals surface area (Å²) in [5.41, 5.74) is -0.156. The van der Waals surface area contributed by atoms with Gasteiger partial charge in [-0.15, -0.1) is 0 Å². The van der Waals surface area contributed by atoms with E-state index in [9.17, 15) is 0 Å². The van der Waals surface area contributed by atoms with Gasteiger partial charge in [0.25, 0.3) is 0 Å². The number of aliphatic hydroxyl groups is 1. The van der Waals surface area contributed by atoms with E-state index in [2.05, 4.69) is 5.32 Å². The van der Waals surface area contributed by atoms with Gasteiger partial charge in [0.05, 0.1) is 12.2 Å². The molecule has 0 radical (unpaired) electrons. The molecule has 0 aliphatic carbocycles. The summed E-state index contributed by atoms with van der Waals surface area (Å²) in [6.07, 6.45) is 0.816. The molecule has 11 heavy (non-hydrogen) atoms. The van der Waals surface area contributed by atoms with Crippen LogP contribution in [0.2, 0.25) is 0 Å². The van der Waals surface area contributed by atoms with Crippen LogP contribution in [0.1, 0.15) is 20.3 Å². The molecule has 0 aliphatic rings. The van der Waals surface area contributed by atoms with Crippen LogP contribution in [0.25, 0.3) is 0 Å². The highest BCUT2D eigenvalue weighted by Gasteiger charge is 2.20. The van der Waals surface area contributed by atoms with Crippen LogP contribution in [0.3, 0.4) is 0 Å². The van der Waals surface area contributed by atoms with Gasteiger partial charge in [0, 0.05) is 13.2 Å². The van der Waals surface area contributed by atoms with Gasteiger partial charge in [0.1, 0.15) is 0 Å². The summed E-state index contributed by atoms with van der Waals surface area (Å²) >= 11 is 0. The van der Waals surface area contributed by atoms with E-state index in [1.807, 2.05) is 20.9 Å². The number of aliphatic hydroxyl groups excluding tert-OH is 1. The van der Waals surface area contributed by atoms with E-state index in [-0.39, 0.29) is 18.2 Å². The molecule has 0 aromatic carbocycles. The van der Waals surface area contributed by atoms with Gasteiger partial charge in [0.2, 0.25) is 0 Å². The number of hydrogen-bond donors (Lipinski definition) is 2. The molecule has 0 rings (SSSR count). The topological polar surface area (TPSA) is 41.5 Å². The second-order valence-corrected chi connectivity index (χ2v) is 3.34. The molecule has 0 saturated heterocycles. The minimum Gasteiger partial charge on any atom is -0.395 e. The quantitative estimate of drug-likeness (QED) is 0.612. The van der Waals surface area contributed by atoms with Crippen LogP contribution in [-0.4, -0.2) is 37.5 Å². The average molecular weight is 161 g/mol.